The highest BCUT2D eigenvalue weighted by atomic mass is 79.9. The molecule has 7 nitrogen and oxygen atoms in total. The molecule has 0 atom stereocenters. The zero-order chi connectivity index (χ0) is 18.6. The van der Waals surface area contributed by atoms with Gasteiger partial charge in [0.05, 0.1) is 19.6 Å². The van der Waals surface area contributed by atoms with Gasteiger partial charge in [0.2, 0.25) is 0 Å². The van der Waals surface area contributed by atoms with E-state index in [0.717, 1.165) is 13.7 Å². The molecule has 0 N–H and O–H groups in total. The quantitative estimate of drug-likeness (QED) is 0.511. The summed E-state index contributed by atoms with van der Waals surface area (Å²) in [6.45, 7) is 6.39. The second-order valence-corrected chi connectivity index (χ2v) is 6.08. The van der Waals surface area contributed by atoms with Crippen LogP contribution in [0.5, 0.6) is 0 Å². The molecule has 2 aromatic rings. The van der Waals surface area contributed by atoms with E-state index >= 15 is 0 Å². The summed E-state index contributed by atoms with van der Waals surface area (Å²) in [6, 6.07) is 6.61. The largest absolute Gasteiger partial charge is 0.337 e. The zero-order valence-corrected chi connectivity index (χ0v) is 14.9. The Morgan fingerprint density at radius 3 is 1.96 bits per heavy atom. The fraction of sp³-hybridized carbons (Fsp3) is 0.176. The number of benzene rings is 1. The van der Waals surface area contributed by atoms with Crippen molar-refractivity contribution in [3.63, 3.8) is 0 Å². The molecule has 0 aliphatic rings. The number of carbonyl (C=O) groups excluding carboxylic acids is 1. The normalized spacial score (nSPS) is 10.4. The maximum absolute atomic E-state index is 12.5. The van der Waals surface area contributed by atoms with Gasteiger partial charge in [0.15, 0.2) is 5.78 Å². The summed E-state index contributed by atoms with van der Waals surface area (Å²) >= 11 is 3.26. The van der Waals surface area contributed by atoms with E-state index in [1.54, 1.807) is 24.3 Å². The number of allylic oxidation sites excluding steroid dienone is 2. The first-order chi connectivity index (χ1) is 11.9. The molecule has 0 unspecified atom stereocenters. The van der Waals surface area contributed by atoms with E-state index in [1.165, 1.54) is 12.2 Å². The molecular formula is C17H16BrN3O4. The van der Waals surface area contributed by atoms with E-state index in [4.69, 9.17) is 0 Å². The van der Waals surface area contributed by atoms with Gasteiger partial charge < -0.3 is 0 Å². The summed E-state index contributed by atoms with van der Waals surface area (Å²) < 4.78 is 3.15. The zero-order valence-electron chi connectivity index (χ0n) is 13.4. The predicted molar refractivity (Wildman–Crippen MR) is 98.1 cm³/mol. The molecule has 0 aliphatic heterocycles. The molecule has 1 heterocycles. The fourth-order valence-corrected chi connectivity index (χ4v) is 2.68. The standard InChI is InChI=1S/C17H16BrN3O4/c1-3-8-19-15(23)20(9-4-2)17(25)21(16(19)24)11-14(22)12-6-5-7-13(18)10-12/h3-7,10H,1-2,8-9,11H2. The van der Waals surface area contributed by atoms with Crippen LogP contribution >= 0.6 is 15.9 Å². The Bertz CT molecular complexity index is 966. The highest BCUT2D eigenvalue weighted by Crippen LogP contribution is 2.12. The number of Topliss-reactive ketones (excluding diaryl/α,β-unsaturated/α-hetero) is 1. The number of aromatic nitrogens is 3. The Hall–Kier alpha value is -2.74. The SMILES string of the molecule is C=CCn1c(=O)n(CC=C)c(=O)n(CC(=O)c2cccc(Br)c2)c1=O. The lowest BCUT2D eigenvalue weighted by Crippen LogP contribution is -2.55. The Labute approximate surface area is 151 Å². The Morgan fingerprint density at radius 1 is 0.960 bits per heavy atom. The number of halogens is 1. The van der Waals surface area contributed by atoms with Crippen molar-refractivity contribution in [3.8, 4) is 0 Å². The minimum Gasteiger partial charge on any atom is -0.292 e. The van der Waals surface area contributed by atoms with Gasteiger partial charge in [-0.1, -0.05) is 40.2 Å². The number of hydrogen-bond acceptors (Lipinski definition) is 4. The summed E-state index contributed by atoms with van der Waals surface area (Å²) in [7, 11) is 0. The summed E-state index contributed by atoms with van der Waals surface area (Å²) in [5, 5.41) is 0. The number of rotatable bonds is 7. The van der Waals surface area contributed by atoms with Crippen LogP contribution in [-0.2, 0) is 19.6 Å². The van der Waals surface area contributed by atoms with Gasteiger partial charge in [-0.15, -0.1) is 13.2 Å². The van der Waals surface area contributed by atoms with Gasteiger partial charge in [0.1, 0.15) is 0 Å². The van der Waals surface area contributed by atoms with E-state index in [0.29, 0.717) is 10.0 Å². The van der Waals surface area contributed by atoms with Gasteiger partial charge in [-0.05, 0) is 12.1 Å². The van der Waals surface area contributed by atoms with Crippen LogP contribution in [0.1, 0.15) is 10.4 Å². The molecular weight excluding hydrogens is 390 g/mol. The lowest BCUT2D eigenvalue weighted by molar-refractivity contribution is 0.0966. The summed E-state index contributed by atoms with van der Waals surface area (Å²) in [5.74, 6) is -0.422. The van der Waals surface area contributed by atoms with Crippen molar-refractivity contribution in [2.45, 2.75) is 19.6 Å². The second kappa shape index (κ2) is 7.89. The Morgan fingerprint density at radius 2 is 1.48 bits per heavy atom. The number of nitrogens with zero attached hydrogens (tertiary/aromatic N) is 3. The molecule has 1 aromatic heterocycles. The van der Waals surface area contributed by atoms with Gasteiger partial charge in [-0.2, -0.15) is 0 Å². The number of hydrogen-bond donors (Lipinski definition) is 0. The Kier molecular flexibility index (Phi) is 5.87. The molecule has 0 fully saturated rings. The van der Waals surface area contributed by atoms with Crippen LogP contribution in [0, 0.1) is 0 Å². The maximum atomic E-state index is 12.5. The van der Waals surface area contributed by atoms with E-state index in [-0.39, 0.29) is 13.1 Å². The molecule has 8 heteroatoms. The molecule has 0 bridgehead atoms. The van der Waals surface area contributed by atoms with E-state index in [2.05, 4.69) is 29.1 Å². The van der Waals surface area contributed by atoms with Gasteiger partial charge >= 0.3 is 17.1 Å². The van der Waals surface area contributed by atoms with E-state index in [1.807, 2.05) is 0 Å². The minimum absolute atomic E-state index is 0.0693. The summed E-state index contributed by atoms with van der Waals surface area (Å²) in [4.78, 5) is 49.6. The molecule has 0 aliphatic carbocycles. The third-order valence-electron chi connectivity index (χ3n) is 3.46. The van der Waals surface area contributed by atoms with Crippen LogP contribution in [0.2, 0.25) is 0 Å². The average Bonchev–Trinajstić information content (AvgIpc) is 2.59. The molecule has 0 spiro atoms. The van der Waals surface area contributed by atoms with Crippen molar-refractivity contribution < 1.29 is 4.79 Å². The molecule has 130 valence electrons. The molecule has 0 saturated heterocycles. The van der Waals surface area contributed by atoms with E-state index < -0.39 is 29.4 Å². The lowest BCUT2D eigenvalue weighted by Gasteiger charge is -2.11. The van der Waals surface area contributed by atoms with Crippen molar-refractivity contribution in [2.24, 2.45) is 0 Å². The average molecular weight is 406 g/mol. The molecule has 1 aromatic carbocycles. The van der Waals surface area contributed by atoms with Crippen LogP contribution in [0.3, 0.4) is 0 Å². The van der Waals surface area contributed by atoms with Crippen molar-refractivity contribution in [1.29, 1.82) is 0 Å². The van der Waals surface area contributed by atoms with Crippen LogP contribution in [-0.4, -0.2) is 19.5 Å². The van der Waals surface area contributed by atoms with Crippen LogP contribution in [0.15, 0.2) is 68.4 Å². The van der Waals surface area contributed by atoms with Crippen LogP contribution in [0.4, 0.5) is 0 Å². The Balaban J connectivity index is 2.60. The topological polar surface area (TPSA) is 83.1 Å². The van der Waals surface area contributed by atoms with E-state index in [9.17, 15) is 19.2 Å². The monoisotopic (exact) mass is 405 g/mol. The summed E-state index contributed by atoms with van der Waals surface area (Å²) in [6.07, 6.45) is 2.73. The van der Waals surface area contributed by atoms with Gasteiger partial charge in [-0.3, -0.25) is 4.79 Å². The third kappa shape index (κ3) is 3.85. The highest BCUT2D eigenvalue weighted by molar-refractivity contribution is 9.10. The van der Waals surface area contributed by atoms with Crippen molar-refractivity contribution in [3.05, 3.63) is 91.1 Å². The minimum atomic E-state index is -0.849. The first-order valence-corrected chi connectivity index (χ1v) is 8.15. The number of carbonyl (C=O) groups is 1. The van der Waals surface area contributed by atoms with Crippen LogP contribution < -0.4 is 17.1 Å². The first kappa shape index (κ1) is 18.6. The van der Waals surface area contributed by atoms with Crippen molar-refractivity contribution in [1.82, 2.24) is 13.7 Å². The predicted octanol–water partition coefficient (Wildman–Crippen LogP) is 1.19. The lowest BCUT2D eigenvalue weighted by atomic mass is 10.1. The fourth-order valence-electron chi connectivity index (χ4n) is 2.29. The summed E-state index contributed by atoms with van der Waals surface area (Å²) in [5.41, 5.74) is -2.12. The highest BCUT2D eigenvalue weighted by Gasteiger charge is 2.17. The van der Waals surface area contributed by atoms with Crippen molar-refractivity contribution in [2.75, 3.05) is 0 Å². The maximum Gasteiger partial charge on any atom is 0.337 e. The molecule has 2 rings (SSSR count). The smallest absolute Gasteiger partial charge is 0.292 e. The third-order valence-corrected chi connectivity index (χ3v) is 3.95. The van der Waals surface area contributed by atoms with Gasteiger partial charge in [0.25, 0.3) is 0 Å². The molecule has 0 radical (unpaired) electrons. The van der Waals surface area contributed by atoms with Crippen molar-refractivity contribution >= 4 is 21.7 Å². The molecule has 0 saturated carbocycles. The second-order valence-electron chi connectivity index (χ2n) is 5.17. The first-order valence-electron chi connectivity index (χ1n) is 7.35. The van der Waals surface area contributed by atoms with Gasteiger partial charge in [0, 0.05) is 10.0 Å². The number of ketones is 1. The molecule has 25 heavy (non-hydrogen) atoms. The van der Waals surface area contributed by atoms with Gasteiger partial charge in [-0.25, -0.2) is 28.1 Å². The van der Waals surface area contributed by atoms with Crippen LogP contribution in [0.25, 0.3) is 0 Å². The molecule has 0 amide bonds.